The number of piperidine rings is 1. The Labute approximate surface area is 109 Å². The van der Waals surface area contributed by atoms with Gasteiger partial charge in [-0.1, -0.05) is 6.92 Å². The molecule has 0 spiro atoms. The Morgan fingerprint density at radius 3 is 2.72 bits per heavy atom. The molecule has 2 fully saturated rings. The number of morpholine rings is 1. The molecule has 0 aromatic carbocycles. The molecule has 2 unspecified atom stereocenters. The molecular weight excluding hydrogens is 232 g/mol. The normalized spacial score (nSPS) is 30.2. The molecule has 2 aliphatic rings. The van der Waals surface area contributed by atoms with E-state index in [0.717, 1.165) is 44.9 Å². The van der Waals surface area contributed by atoms with Crippen molar-refractivity contribution in [2.75, 3.05) is 32.8 Å². The van der Waals surface area contributed by atoms with Gasteiger partial charge in [0.1, 0.15) is 12.7 Å². The van der Waals surface area contributed by atoms with E-state index in [4.69, 9.17) is 9.47 Å². The highest BCUT2D eigenvalue weighted by atomic mass is 16.6. The van der Waals surface area contributed by atoms with Crippen LogP contribution in [0.3, 0.4) is 0 Å². The van der Waals surface area contributed by atoms with Gasteiger partial charge in [-0.05, 0) is 25.7 Å². The zero-order valence-corrected chi connectivity index (χ0v) is 11.4. The zero-order chi connectivity index (χ0) is 13.0. The van der Waals surface area contributed by atoms with Crippen LogP contribution in [0.25, 0.3) is 0 Å². The van der Waals surface area contributed by atoms with Gasteiger partial charge in [-0.25, -0.2) is 4.79 Å². The molecule has 0 saturated carbocycles. The number of hydrogen-bond acceptors (Lipinski definition) is 4. The first kappa shape index (κ1) is 13.6. The van der Waals surface area contributed by atoms with Crippen molar-refractivity contribution in [3.05, 3.63) is 0 Å². The summed E-state index contributed by atoms with van der Waals surface area (Å²) in [7, 11) is 0. The number of carbonyl (C=O) groups is 1. The fraction of sp³-hybridized carbons (Fsp3) is 0.923. The molecule has 2 saturated heterocycles. The van der Waals surface area contributed by atoms with Gasteiger partial charge in [0.05, 0.1) is 6.10 Å². The largest absolute Gasteiger partial charge is 0.447 e. The molecule has 1 amide bonds. The lowest BCUT2D eigenvalue weighted by Gasteiger charge is -2.31. The predicted octanol–water partition coefficient (Wildman–Crippen LogP) is 1.23. The molecule has 2 atom stereocenters. The molecule has 0 aromatic heterocycles. The van der Waals surface area contributed by atoms with E-state index in [-0.39, 0.29) is 18.3 Å². The molecule has 0 aliphatic carbocycles. The van der Waals surface area contributed by atoms with Gasteiger partial charge >= 0.3 is 6.09 Å². The van der Waals surface area contributed by atoms with Crippen LogP contribution in [0.15, 0.2) is 0 Å². The van der Waals surface area contributed by atoms with E-state index in [1.165, 1.54) is 0 Å². The SMILES string of the molecule is CC1CCN(C(=O)OCC2CNCC(C)O2)CC1. The number of nitrogens with one attached hydrogen (secondary N) is 1. The average molecular weight is 256 g/mol. The van der Waals surface area contributed by atoms with E-state index in [2.05, 4.69) is 12.2 Å². The first-order valence-electron chi connectivity index (χ1n) is 6.93. The van der Waals surface area contributed by atoms with E-state index in [1.807, 2.05) is 6.92 Å². The van der Waals surface area contributed by atoms with E-state index in [1.54, 1.807) is 4.90 Å². The lowest BCUT2D eigenvalue weighted by Crippen LogP contribution is -2.46. The predicted molar refractivity (Wildman–Crippen MR) is 68.5 cm³/mol. The Kier molecular flexibility index (Phi) is 4.83. The maximum atomic E-state index is 11.9. The lowest BCUT2D eigenvalue weighted by molar-refractivity contribution is -0.0587. The molecule has 1 N–H and O–H groups in total. The molecule has 0 aromatic rings. The second-order valence-corrected chi connectivity index (χ2v) is 5.47. The van der Waals surface area contributed by atoms with Gasteiger partial charge in [0, 0.05) is 26.2 Å². The molecule has 2 aliphatic heterocycles. The van der Waals surface area contributed by atoms with Crippen LogP contribution in [0.2, 0.25) is 0 Å². The van der Waals surface area contributed by atoms with Gasteiger partial charge in [0.15, 0.2) is 0 Å². The van der Waals surface area contributed by atoms with Crippen molar-refractivity contribution in [1.82, 2.24) is 10.2 Å². The van der Waals surface area contributed by atoms with Gasteiger partial charge < -0.3 is 19.7 Å². The third kappa shape index (κ3) is 3.85. The maximum Gasteiger partial charge on any atom is 0.409 e. The van der Waals surface area contributed by atoms with Crippen LogP contribution in [0.4, 0.5) is 4.79 Å². The molecule has 2 heterocycles. The minimum Gasteiger partial charge on any atom is -0.447 e. The summed E-state index contributed by atoms with van der Waals surface area (Å²) >= 11 is 0. The molecule has 104 valence electrons. The number of amides is 1. The molecule has 5 nitrogen and oxygen atoms in total. The topological polar surface area (TPSA) is 50.8 Å². The van der Waals surface area contributed by atoms with Crippen LogP contribution in [-0.2, 0) is 9.47 Å². The van der Waals surface area contributed by atoms with Crippen LogP contribution in [0.1, 0.15) is 26.7 Å². The highest BCUT2D eigenvalue weighted by molar-refractivity contribution is 5.67. The van der Waals surface area contributed by atoms with Crippen molar-refractivity contribution in [3.63, 3.8) is 0 Å². The van der Waals surface area contributed by atoms with E-state index >= 15 is 0 Å². The molecule has 0 radical (unpaired) electrons. The summed E-state index contributed by atoms with van der Waals surface area (Å²) in [6, 6.07) is 0. The van der Waals surface area contributed by atoms with E-state index in [0.29, 0.717) is 6.61 Å². The van der Waals surface area contributed by atoms with Gasteiger partial charge in [-0.2, -0.15) is 0 Å². The summed E-state index contributed by atoms with van der Waals surface area (Å²) in [6.45, 7) is 7.87. The number of ether oxygens (including phenoxy) is 2. The summed E-state index contributed by atoms with van der Waals surface area (Å²) < 4.78 is 11.0. The zero-order valence-electron chi connectivity index (χ0n) is 11.4. The first-order valence-corrected chi connectivity index (χ1v) is 6.93. The van der Waals surface area contributed by atoms with Crippen molar-refractivity contribution in [3.8, 4) is 0 Å². The Morgan fingerprint density at radius 1 is 1.33 bits per heavy atom. The van der Waals surface area contributed by atoms with Crippen molar-refractivity contribution in [2.45, 2.75) is 38.9 Å². The fourth-order valence-corrected chi connectivity index (χ4v) is 2.42. The van der Waals surface area contributed by atoms with Crippen LogP contribution >= 0.6 is 0 Å². The van der Waals surface area contributed by atoms with Crippen molar-refractivity contribution >= 4 is 6.09 Å². The Hall–Kier alpha value is -0.810. The summed E-state index contributed by atoms with van der Waals surface area (Å²) in [4.78, 5) is 13.7. The maximum absolute atomic E-state index is 11.9. The summed E-state index contributed by atoms with van der Waals surface area (Å²) in [5, 5.41) is 3.26. The van der Waals surface area contributed by atoms with Gasteiger partial charge in [0.2, 0.25) is 0 Å². The smallest absolute Gasteiger partial charge is 0.409 e. The number of rotatable bonds is 2. The molecular formula is C13H24N2O3. The summed E-state index contributed by atoms with van der Waals surface area (Å²) in [5.41, 5.74) is 0. The molecule has 2 rings (SSSR count). The Balaban J connectivity index is 1.68. The van der Waals surface area contributed by atoms with Crippen molar-refractivity contribution in [2.24, 2.45) is 5.92 Å². The van der Waals surface area contributed by atoms with E-state index < -0.39 is 0 Å². The number of nitrogens with zero attached hydrogens (tertiary/aromatic N) is 1. The Bertz CT molecular complexity index is 277. The monoisotopic (exact) mass is 256 g/mol. The minimum atomic E-state index is -0.191. The summed E-state index contributed by atoms with van der Waals surface area (Å²) in [5.74, 6) is 0.723. The average Bonchev–Trinajstić information content (AvgIpc) is 2.37. The summed E-state index contributed by atoms with van der Waals surface area (Å²) in [6.07, 6.45) is 2.14. The number of likely N-dealkylation sites (tertiary alicyclic amines) is 1. The molecule has 5 heteroatoms. The minimum absolute atomic E-state index is 0.0126. The second-order valence-electron chi connectivity index (χ2n) is 5.47. The highest BCUT2D eigenvalue weighted by Gasteiger charge is 2.24. The third-order valence-corrected chi connectivity index (χ3v) is 3.66. The van der Waals surface area contributed by atoms with Crippen molar-refractivity contribution in [1.29, 1.82) is 0 Å². The van der Waals surface area contributed by atoms with Crippen LogP contribution in [-0.4, -0.2) is 56.0 Å². The van der Waals surface area contributed by atoms with Gasteiger partial charge in [-0.15, -0.1) is 0 Å². The van der Waals surface area contributed by atoms with Crippen LogP contribution < -0.4 is 5.32 Å². The highest BCUT2D eigenvalue weighted by Crippen LogP contribution is 2.16. The van der Waals surface area contributed by atoms with Gasteiger partial charge in [-0.3, -0.25) is 0 Å². The lowest BCUT2D eigenvalue weighted by atomic mass is 10.00. The first-order chi connectivity index (χ1) is 8.65. The standard InChI is InChI=1S/C13H24N2O3/c1-10-3-5-15(6-4-10)13(16)17-9-12-8-14-7-11(2)18-12/h10-12,14H,3-9H2,1-2H3. The van der Waals surface area contributed by atoms with Crippen molar-refractivity contribution < 1.29 is 14.3 Å². The number of carbonyl (C=O) groups excluding carboxylic acids is 1. The Morgan fingerprint density at radius 2 is 2.06 bits per heavy atom. The number of hydrogen-bond donors (Lipinski definition) is 1. The van der Waals surface area contributed by atoms with E-state index in [9.17, 15) is 4.79 Å². The van der Waals surface area contributed by atoms with Gasteiger partial charge in [0.25, 0.3) is 0 Å². The van der Waals surface area contributed by atoms with Crippen LogP contribution in [0, 0.1) is 5.92 Å². The molecule has 0 bridgehead atoms. The third-order valence-electron chi connectivity index (χ3n) is 3.66. The second kappa shape index (κ2) is 6.38. The van der Waals surface area contributed by atoms with Crippen LogP contribution in [0.5, 0.6) is 0 Å². The molecule has 18 heavy (non-hydrogen) atoms. The quantitative estimate of drug-likeness (QED) is 0.807. The fourth-order valence-electron chi connectivity index (χ4n) is 2.42.